The number of primary amides is 1. The molecule has 1 aromatic carbocycles. The average Bonchev–Trinajstić information content (AvgIpc) is 2.89. The maximum Gasteiger partial charge on any atom is 0.340 e. The van der Waals surface area contributed by atoms with Crippen molar-refractivity contribution in [2.75, 3.05) is 6.54 Å². The van der Waals surface area contributed by atoms with Gasteiger partial charge in [0.25, 0.3) is 5.91 Å². The third kappa shape index (κ3) is 4.97. The third-order valence-electron chi connectivity index (χ3n) is 4.12. The highest BCUT2D eigenvalue weighted by Crippen LogP contribution is 2.19. The fourth-order valence-corrected chi connectivity index (χ4v) is 2.85. The molecule has 0 spiro atoms. The second kappa shape index (κ2) is 8.53. The molecule has 144 valence electrons. The zero-order chi connectivity index (χ0) is 20.1. The molecule has 7 heteroatoms. The van der Waals surface area contributed by atoms with Crippen LogP contribution < -0.4 is 11.1 Å². The minimum atomic E-state index is -0.487. The topological polar surface area (TPSA) is 114 Å². The number of hydrogen-bond acceptors (Lipinski definition) is 4. The van der Waals surface area contributed by atoms with Crippen LogP contribution in [0.3, 0.4) is 0 Å². The van der Waals surface area contributed by atoms with Gasteiger partial charge in [-0.1, -0.05) is 12.1 Å². The second-order valence-corrected chi connectivity index (χ2v) is 6.65. The van der Waals surface area contributed by atoms with Gasteiger partial charge in [0.2, 0.25) is 5.91 Å². The zero-order valence-corrected chi connectivity index (χ0v) is 16.0. The van der Waals surface area contributed by atoms with Gasteiger partial charge in [0.1, 0.15) is 5.69 Å². The molecule has 0 fully saturated rings. The fraction of sp³-hybridized carbons (Fsp3) is 0.350. The molecule has 27 heavy (non-hydrogen) atoms. The molecule has 0 aliphatic carbocycles. The lowest BCUT2D eigenvalue weighted by molar-refractivity contribution is 0.0376. The molecule has 0 aliphatic rings. The van der Waals surface area contributed by atoms with Crippen LogP contribution in [0.1, 0.15) is 61.9 Å². The number of benzene rings is 1. The van der Waals surface area contributed by atoms with Crippen LogP contribution in [0.4, 0.5) is 0 Å². The average molecular weight is 371 g/mol. The van der Waals surface area contributed by atoms with E-state index in [0.717, 1.165) is 5.56 Å². The number of aryl methyl sites for hydroxylation is 1. The molecule has 0 bridgehead atoms. The molecule has 2 rings (SSSR count). The predicted molar refractivity (Wildman–Crippen MR) is 102 cm³/mol. The summed E-state index contributed by atoms with van der Waals surface area (Å²) in [5.41, 5.74) is 8.49. The Kier molecular flexibility index (Phi) is 6.39. The van der Waals surface area contributed by atoms with Crippen molar-refractivity contribution in [1.82, 2.24) is 10.3 Å². The van der Waals surface area contributed by atoms with Crippen molar-refractivity contribution in [2.45, 2.75) is 40.2 Å². The van der Waals surface area contributed by atoms with Gasteiger partial charge >= 0.3 is 5.97 Å². The number of nitrogens with one attached hydrogen (secondary N) is 2. The standard InChI is InChI=1S/C20H25N3O4/c1-11(2)27-20(26)16-12(3)17(23-13(16)4)19(25)22-9-8-14-6-5-7-15(10-14)18(21)24/h5-7,10-11,23H,8-9H2,1-4H3,(H2,21,24)(H,22,25). The van der Waals surface area contributed by atoms with Gasteiger partial charge in [-0.2, -0.15) is 0 Å². The van der Waals surface area contributed by atoms with Gasteiger partial charge < -0.3 is 20.8 Å². The zero-order valence-electron chi connectivity index (χ0n) is 16.0. The molecule has 0 unspecified atom stereocenters. The van der Waals surface area contributed by atoms with Gasteiger partial charge in [-0.15, -0.1) is 0 Å². The Bertz CT molecular complexity index is 868. The van der Waals surface area contributed by atoms with Crippen molar-refractivity contribution in [2.24, 2.45) is 5.73 Å². The lowest BCUT2D eigenvalue weighted by Gasteiger charge is -2.08. The van der Waals surface area contributed by atoms with Crippen molar-refractivity contribution in [3.05, 3.63) is 57.9 Å². The number of H-pyrrole nitrogens is 1. The van der Waals surface area contributed by atoms with E-state index in [1.54, 1.807) is 45.9 Å². The summed E-state index contributed by atoms with van der Waals surface area (Å²) < 4.78 is 5.23. The fourth-order valence-electron chi connectivity index (χ4n) is 2.85. The number of amides is 2. The first-order chi connectivity index (χ1) is 12.7. The first-order valence-electron chi connectivity index (χ1n) is 8.77. The van der Waals surface area contributed by atoms with E-state index < -0.39 is 11.9 Å². The Hall–Kier alpha value is -3.09. The van der Waals surface area contributed by atoms with Crippen LogP contribution in [0, 0.1) is 13.8 Å². The summed E-state index contributed by atoms with van der Waals surface area (Å²) in [6.07, 6.45) is 0.313. The molecule has 1 aromatic heterocycles. The Morgan fingerprint density at radius 3 is 2.56 bits per heavy atom. The Morgan fingerprint density at radius 1 is 1.22 bits per heavy atom. The van der Waals surface area contributed by atoms with E-state index in [1.165, 1.54) is 0 Å². The minimum Gasteiger partial charge on any atom is -0.459 e. The number of carbonyl (C=O) groups excluding carboxylic acids is 3. The molecular weight excluding hydrogens is 346 g/mol. The SMILES string of the molecule is Cc1[nH]c(C(=O)NCCc2cccc(C(N)=O)c2)c(C)c1C(=O)OC(C)C. The van der Waals surface area contributed by atoms with Crippen LogP contribution in [0.2, 0.25) is 0 Å². The van der Waals surface area contributed by atoms with E-state index in [1.807, 2.05) is 6.07 Å². The van der Waals surface area contributed by atoms with Gasteiger partial charge in [0.15, 0.2) is 0 Å². The van der Waals surface area contributed by atoms with Crippen molar-refractivity contribution in [1.29, 1.82) is 0 Å². The normalized spacial score (nSPS) is 10.7. The van der Waals surface area contributed by atoms with Crippen LogP contribution in [-0.4, -0.2) is 35.4 Å². The minimum absolute atomic E-state index is 0.236. The molecule has 1 heterocycles. The monoisotopic (exact) mass is 371 g/mol. The van der Waals surface area contributed by atoms with Crippen LogP contribution in [0.25, 0.3) is 0 Å². The van der Waals surface area contributed by atoms with Gasteiger partial charge in [-0.05, 0) is 57.4 Å². The Morgan fingerprint density at radius 2 is 1.93 bits per heavy atom. The van der Waals surface area contributed by atoms with E-state index in [9.17, 15) is 14.4 Å². The quantitative estimate of drug-likeness (QED) is 0.648. The summed E-state index contributed by atoms with van der Waals surface area (Å²) in [5, 5.41) is 2.82. The van der Waals surface area contributed by atoms with E-state index in [-0.39, 0.29) is 12.0 Å². The molecule has 0 atom stereocenters. The lowest BCUT2D eigenvalue weighted by atomic mass is 10.1. The predicted octanol–water partition coefficient (Wildman–Crippen LogP) is 2.27. The van der Waals surface area contributed by atoms with Crippen molar-refractivity contribution in [3.63, 3.8) is 0 Å². The summed E-state index contributed by atoms with van der Waals surface area (Å²) in [7, 11) is 0. The highest BCUT2D eigenvalue weighted by Gasteiger charge is 2.23. The summed E-state index contributed by atoms with van der Waals surface area (Å²) in [4.78, 5) is 38.9. The third-order valence-corrected chi connectivity index (χ3v) is 4.12. The lowest BCUT2D eigenvalue weighted by Crippen LogP contribution is -2.26. The number of esters is 1. The number of aromatic amines is 1. The van der Waals surface area contributed by atoms with E-state index >= 15 is 0 Å². The van der Waals surface area contributed by atoms with Gasteiger partial charge in [0.05, 0.1) is 11.7 Å². The molecule has 2 amide bonds. The summed E-state index contributed by atoms with van der Waals surface area (Å²) in [5.74, 6) is -1.23. The number of rotatable bonds is 7. The molecule has 7 nitrogen and oxygen atoms in total. The van der Waals surface area contributed by atoms with E-state index in [4.69, 9.17) is 10.5 Å². The van der Waals surface area contributed by atoms with E-state index in [0.29, 0.717) is 41.0 Å². The summed E-state index contributed by atoms with van der Waals surface area (Å²) in [6, 6.07) is 6.97. The van der Waals surface area contributed by atoms with Crippen molar-refractivity contribution in [3.8, 4) is 0 Å². The smallest absolute Gasteiger partial charge is 0.340 e. The van der Waals surface area contributed by atoms with E-state index in [2.05, 4.69) is 10.3 Å². The van der Waals surface area contributed by atoms with Gasteiger partial charge in [0, 0.05) is 17.8 Å². The van der Waals surface area contributed by atoms with Crippen LogP contribution >= 0.6 is 0 Å². The number of ether oxygens (including phenoxy) is 1. The molecule has 0 saturated heterocycles. The maximum absolute atomic E-state index is 12.5. The Balaban J connectivity index is 2.03. The van der Waals surface area contributed by atoms with Crippen molar-refractivity contribution < 1.29 is 19.1 Å². The number of nitrogens with two attached hydrogens (primary N) is 1. The van der Waals surface area contributed by atoms with Crippen LogP contribution in [0.5, 0.6) is 0 Å². The van der Waals surface area contributed by atoms with Crippen molar-refractivity contribution >= 4 is 17.8 Å². The Labute approximate surface area is 158 Å². The van der Waals surface area contributed by atoms with Gasteiger partial charge in [-0.3, -0.25) is 9.59 Å². The molecule has 0 radical (unpaired) electrons. The van der Waals surface area contributed by atoms with Crippen LogP contribution in [0.15, 0.2) is 24.3 Å². The highest BCUT2D eigenvalue weighted by atomic mass is 16.5. The highest BCUT2D eigenvalue weighted by molar-refractivity contribution is 6.00. The molecular formula is C20H25N3O4. The number of aromatic nitrogens is 1. The summed E-state index contributed by atoms with van der Waals surface area (Å²) in [6.45, 7) is 7.37. The summed E-state index contributed by atoms with van der Waals surface area (Å²) >= 11 is 0. The number of carbonyl (C=O) groups is 3. The van der Waals surface area contributed by atoms with Crippen LogP contribution in [-0.2, 0) is 11.2 Å². The largest absolute Gasteiger partial charge is 0.459 e. The maximum atomic E-state index is 12.5. The molecule has 0 aliphatic heterocycles. The van der Waals surface area contributed by atoms with Gasteiger partial charge in [-0.25, -0.2) is 4.79 Å². The molecule has 0 saturated carbocycles. The first kappa shape index (κ1) is 20.2. The second-order valence-electron chi connectivity index (χ2n) is 6.65. The molecule has 2 aromatic rings. The first-order valence-corrected chi connectivity index (χ1v) is 8.77. The molecule has 4 N–H and O–H groups in total. The number of hydrogen-bond donors (Lipinski definition) is 3.